The normalized spacial score (nSPS) is 19.1. The molecule has 31 heavy (non-hydrogen) atoms. The molecule has 2 fully saturated rings. The predicted octanol–water partition coefficient (Wildman–Crippen LogP) is 4.09. The summed E-state index contributed by atoms with van der Waals surface area (Å²) in [6.07, 6.45) is 1.99. The molecule has 1 aromatic carbocycles. The summed E-state index contributed by atoms with van der Waals surface area (Å²) in [5, 5.41) is 2.35. The number of hydrogen-bond donors (Lipinski definition) is 0. The van der Waals surface area contributed by atoms with Crippen LogP contribution < -0.4 is 4.90 Å². The average Bonchev–Trinajstić information content (AvgIpc) is 3.27. The van der Waals surface area contributed by atoms with Crippen LogP contribution >= 0.6 is 22.9 Å². The Balaban J connectivity index is 1.43. The second-order valence-electron chi connectivity index (χ2n) is 8.45. The Morgan fingerprint density at radius 2 is 1.74 bits per heavy atom. The minimum atomic E-state index is -3.61. The van der Waals surface area contributed by atoms with Crippen molar-refractivity contribution in [2.75, 3.05) is 44.2 Å². The van der Waals surface area contributed by atoms with E-state index >= 15 is 0 Å². The largest absolute Gasteiger partial charge is 0.369 e. The molecule has 1 amide bonds. The van der Waals surface area contributed by atoms with E-state index in [1.165, 1.54) is 4.31 Å². The van der Waals surface area contributed by atoms with Crippen LogP contribution in [0.25, 0.3) is 0 Å². The summed E-state index contributed by atoms with van der Waals surface area (Å²) in [6.45, 7) is 7.71. The lowest BCUT2D eigenvalue weighted by Gasteiger charge is -2.36. The van der Waals surface area contributed by atoms with Gasteiger partial charge in [0.2, 0.25) is 0 Å². The molecule has 9 heteroatoms. The minimum absolute atomic E-state index is 0.0640. The summed E-state index contributed by atoms with van der Waals surface area (Å²) in [7, 11) is -3.61. The number of piperazine rings is 1. The van der Waals surface area contributed by atoms with E-state index in [1.807, 2.05) is 30.0 Å². The number of nitrogens with zero attached hydrogens (tertiary/aromatic N) is 3. The van der Waals surface area contributed by atoms with E-state index in [4.69, 9.17) is 11.6 Å². The van der Waals surface area contributed by atoms with Crippen LogP contribution in [0, 0.1) is 12.8 Å². The van der Waals surface area contributed by atoms with Gasteiger partial charge in [0.25, 0.3) is 15.9 Å². The highest BCUT2D eigenvalue weighted by Crippen LogP contribution is 2.29. The van der Waals surface area contributed by atoms with Crippen LogP contribution in [0.4, 0.5) is 5.69 Å². The van der Waals surface area contributed by atoms with E-state index in [0.717, 1.165) is 48.5 Å². The molecule has 2 aliphatic rings. The molecule has 1 aromatic heterocycles. The van der Waals surface area contributed by atoms with Crippen LogP contribution in [-0.4, -0.2) is 62.8 Å². The molecule has 0 unspecified atom stereocenters. The second kappa shape index (κ2) is 9.10. The Morgan fingerprint density at radius 1 is 1.06 bits per heavy atom. The molecular formula is C22H28ClN3O3S2. The number of hydrogen-bond acceptors (Lipinski definition) is 5. The minimum Gasteiger partial charge on any atom is -0.369 e. The number of anilines is 1. The zero-order chi connectivity index (χ0) is 22.2. The van der Waals surface area contributed by atoms with Gasteiger partial charge in [0.15, 0.2) is 0 Å². The van der Waals surface area contributed by atoms with Gasteiger partial charge in [-0.05, 0) is 49.4 Å². The van der Waals surface area contributed by atoms with Crippen molar-refractivity contribution in [3.8, 4) is 0 Å². The summed E-state index contributed by atoms with van der Waals surface area (Å²) in [6, 6.07) is 7.32. The van der Waals surface area contributed by atoms with E-state index < -0.39 is 10.0 Å². The van der Waals surface area contributed by atoms with Crippen molar-refractivity contribution < 1.29 is 13.2 Å². The van der Waals surface area contributed by atoms with E-state index in [1.54, 1.807) is 11.4 Å². The summed E-state index contributed by atoms with van der Waals surface area (Å²) >= 11 is 7.28. The molecular weight excluding hydrogens is 454 g/mol. The molecule has 6 nitrogen and oxygen atoms in total. The highest BCUT2D eigenvalue weighted by atomic mass is 35.5. The van der Waals surface area contributed by atoms with Crippen LogP contribution in [0.15, 0.2) is 33.9 Å². The van der Waals surface area contributed by atoms with Crippen LogP contribution in [0.2, 0.25) is 5.02 Å². The summed E-state index contributed by atoms with van der Waals surface area (Å²) in [4.78, 5) is 16.8. The van der Waals surface area contributed by atoms with Gasteiger partial charge in [-0.25, -0.2) is 8.42 Å². The van der Waals surface area contributed by atoms with Crippen molar-refractivity contribution in [2.24, 2.45) is 5.92 Å². The van der Waals surface area contributed by atoms with Gasteiger partial charge in [-0.3, -0.25) is 4.79 Å². The number of likely N-dealkylation sites (tertiary alicyclic amines) is 1. The Morgan fingerprint density at radius 3 is 2.42 bits per heavy atom. The molecule has 0 atom stereocenters. The molecule has 0 radical (unpaired) electrons. The number of benzene rings is 1. The SMILES string of the molecule is Cc1ccc(Cl)cc1N1CCN(S(=O)(=O)c2cc(C(=O)N3CCC(C)CC3)cs2)CC1. The van der Waals surface area contributed by atoms with Crippen molar-refractivity contribution in [1.29, 1.82) is 0 Å². The Labute approximate surface area is 193 Å². The lowest BCUT2D eigenvalue weighted by molar-refractivity contribution is 0.0697. The molecule has 4 rings (SSSR count). The maximum atomic E-state index is 13.2. The molecule has 2 aromatic rings. The monoisotopic (exact) mass is 481 g/mol. The van der Waals surface area contributed by atoms with Gasteiger partial charge in [-0.2, -0.15) is 4.31 Å². The van der Waals surface area contributed by atoms with Crippen molar-refractivity contribution in [3.63, 3.8) is 0 Å². The number of piperidine rings is 1. The number of carbonyl (C=O) groups excluding carboxylic acids is 1. The highest BCUT2D eigenvalue weighted by Gasteiger charge is 2.31. The van der Waals surface area contributed by atoms with Gasteiger partial charge in [0, 0.05) is 55.4 Å². The first-order valence-electron chi connectivity index (χ1n) is 10.6. The van der Waals surface area contributed by atoms with E-state index in [-0.39, 0.29) is 10.1 Å². The number of rotatable bonds is 4. The fourth-order valence-corrected chi connectivity index (χ4v) is 7.07. The molecule has 168 valence electrons. The predicted molar refractivity (Wildman–Crippen MR) is 126 cm³/mol. The van der Waals surface area contributed by atoms with Crippen molar-refractivity contribution >= 4 is 44.6 Å². The maximum absolute atomic E-state index is 13.2. The third-order valence-electron chi connectivity index (χ3n) is 6.24. The van der Waals surface area contributed by atoms with Gasteiger partial charge in [-0.1, -0.05) is 24.6 Å². The topological polar surface area (TPSA) is 60.9 Å². The van der Waals surface area contributed by atoms with E-state index in [2.05, 4.69) is 11.8 Å². The fraction of sp³-hybridized carbons (Fsp3) is 0.500. The number of sulfonamides is 1. The highest BCUT2D eigenvalue weighted by molar-refractivity contribution is 7.91. The molecule has 2 saturated heterocycles. The van der Waals surface area contributed by atoms with Crippen molar-refractivity contribution in [3.05, 3.63) is 45.8 Å². The van der Waals surface area contributed by atoms with Crippen LogP contribution in [0.3, 0.4) is 0 Å². The summed E-state index contributed by atoms with van der Waals surface area (Å²) in [5.74, 6) is 0.572. The van der Waals surface area contributed by atoms with Crippen molar-refractivity contribution in [2.45, 2.75) is 30.9 Å². The molecule has 0 saturated carbocycles. The first-order valence-corrected chi connectivity index (χ1v) is 13.3. The van der Waals surface area contributed by atoms with Crippen molar-refractivity contribution in [1.82, 2.24) is 9.21 Å². The van der Waals surface area contributed by atoms with Gasteiger partial charge < -0.3 is 9.80 Å². The first kappa shape index (κ1) is 22.6. The maximum Gasteiger partial charge on any atom is 0.254 e. The van der Waals surface area contributed by atoms with E-state index in [0.29, 0.717) is 42.7 Å². The number of carbonyl (C=O) groups is 1. The Kier molecular flexibility index (Phi) is 6.62. The summed E-state index contributed by atoms with van der Waals surface area (Å²) in [5.41, 5.74) is 2.64. The van der Waals surface area contributed by atoms with Crippen LogP contribution in [-0.2, 0) is 10.0 Å². The average molecular weight is 482 g/mol. The zero-order valence-electron chi connectivity index (χ0n) is 17.9. The lowest BCUT2D eigenvalue weighted by atomic mass is 9.99. The number of thiophene rings is 1. The quantitative estimate of drug-likeness (QED) is 0.659. The summed E-state index contributed by atoms with van der Waals surface area (Å²) < 4.78 is 28.1. The third-order valence-corrected chi connectivity index (χ3v) is 9.79. The van der Waals surface area contributed by atoms with Gasteiger partial charge in [-0.15, -0.1) is 11.3 Å². The number of halogens is 1. The van der Waals surface area contributed by atoms with E-state index in [9.17, 15) is 13.2 Å². The smallest absolute Gasteiger partial charge is 0.254 e. The van der Waals surface area contributed by atoms with Crippen LogP contribution in [0.5, 0.6) is 0 Å². The Hall–Kier alpha value is -1.61. The second-order valence-corrected chi connectivity index (χ2v) is 12.0. The fourth-order valence-electron chi connectivity index (χ4n) is 4.18. The zero-order valence-corrected chi connectivity index (χ0v) is 20.3. The molecule has 0 aliphatic carbocycles. The van der Waals surface area contributed by atoms with Gasteiger partial charge >= 0.3 is 0 Å². The third kappa shape index (κ3) is 4.77. The standard InChI is InChI=1S/C22H28ClN3O3S2/c1-16-5-7-25(8-6-16)22(27)18-13-21(30-15-18)31(28,29)26-11-9-24(10-12-26)20-14-19(23)4-3-17(20)2/h3-4,13-16H,5-12H2,1-2H3. The van der Waals surface area contributed by atoms with Gasteiger partial charge in [0.1, 0.15) is 4.21 Å². The molecule has 2 aliphatic heterocycles. The lowest BCUT2D eigenvalue weighted by Crippen LogP contribution is -2.48. The molecule has 3 heterocycles. The van der Waals surface area contributed by atoms with Crippen LogP contribution in [0.1, 0.15) is 35.7 Å². The molecule has 0 bridgehead atoms. The number of aryl methyl sites for hydroxylation is 1. The molecule has 0 N–H and O–H groups in total. The number of amides is 1. The van der Waals surface area contributed by atoms with Gasteiger partial charge in [0.05, 0.1) is 5.56 Å². The molecule has 0 spiro atoms. The Bertz CT molecular complexity index is 1050. The first-order chi connectivity index (χ1) is 14.8.